The largest absolute Gasteiger partial charge is 0.379 e. The zero-order valence-electron chi connectivity index (χ0n) is 12.0. The number of rotatable bonds is 7. The zero-order chi connectivity index (χ0) is 14.4. The van der Waals surface area contributed by atoms with Gasteiger partial charge in [0.05, 0.1) is 19.1 Å². The first-order chi connectivity index (χ1) is 9.70. The SMILES string of the molecule is CCCNC1COCC1C(=O)NCCc1nc(C)no1. The van der Waals surface area contributed by atoms with Crippen LogP contribution in [0.2, 0.25) is 0 Å². The smallest absolute Gasteiger partial charge is 0.228 e. The van der Waals surface area contributed by atoms with Crippen molar-refractivity contribution in [1.29, 1.82) is 0 Å². The number of carbonyl (C=O) groups is 1. The van der Waals surface area contributed by atoms with Gasteiger partial charge in [0, 0.05) is 19.0 Å². The highest BCUT2D eigenvalue weighted by Crippen LogP contribution is 2.13. The van der Waals surface area contributed by atoms with Crippen molar-refractivity contribution < 1.29 is 14.1 Å². The molecule has 1 aromatic rings. The summed E-state index contributed by atoms with van der Waals surface area (Å²) < 4.78 is 10.4. The van der Waals surface area contributed by atoms with Gasteiger partial charge in [-0.15, -0.1) is 0 Å². The minimum Gasteiger partial charge on any atom is -0.379 e. The maximum Gasteiger partial charge on any atom is 0.228 e. The number of nitrogens with zero attached hydrogens (tertiary/aromatic N) is 2. The number of carbonyl (C=O) groups excluding carboxylic acids is 1. The molecule has 2 atom stereocenters. The monoisotopic (exact) mass is 282 g/mol. The zero-order valence-corrected chi connectivity index (χ0v) is 12.0. The first-order valence-electron chi connectivity index (χ1n) is 7.08. The lowest BCUT2D eigenvalue weighted by molar-refractivity contribution is -0.125. The summed E-state index contributed by atoms with van der Waals surface area (Å²) in [5.41, 5.74) is 0. The van der Waals surface area contributed by atoms with E-state index >= 15 is 0 Å². The average molecular weight is 282 g/mol. The number of hydrogen-bond acceptors (Lipinski definition) is 6. The fourth-order valence-corrected chi connectivity index (χ4v) is 2.21. The molecule has 2 N–H and O–H groups in total. The molecule has 2 rings (SSSR count). The molecule has 7 nitrogen and oxygen atoms in total. The highest BCUT2D eigenvalue weighted by molar-refractivity contribution is 5.79. The Morgan fingerprint density at radius 1 is 1.40 bits per heavy atom. The molecule has 1 fully saturated rings. The number of aromatic nitrogens is 2. The maximum atomic E-state index is 12.1. The van der Waals surface area contributed by atoms with Crippen molar-refractivity contribution in [1.82, 2.24) is 20.8 Å². The highest BCUT2D eigenvalue weighted by atomic mass is 16.5. The van der Waals surface area contributed by atoms with Crippen LogP contribution in [0.3, 0.4) is 0 Å². The van der Waals surface area contributed by atoms with Gasteiger partial charge in [0.2, 0.25) is 11.8 Å². The minimum atomic E-state index is -0.119. The van der Waals surface area contributed by atoms with Gasteiger partial charge in [0.25, 0.3) is 0 Å². The van der Waals surface area contributed by atoms with E-state index in [0.29, 0.717) is 37.9 Å². The van der Waals surface area contributed by atoms with Gasteiger partial charge in [-0.25, -0.2) is 0 Å². The Morgan fingerprint density at radius 2 is 2.25 bits per heavy atom. The van der Waals surface area contributed by atoms with Crippen LogP contribution in [0.25, 0.3) is 0 Å². The van der Waals surface area contributed by atoms with Gasteiger partial charge in [-0.1, -0.05) is 12.1 Å². The molecular formula is C13H22N4O3. The average Bonchev–Trinajstić information content (AvgIpc) is 3.05. The van der Waals surface area contributed by atoms with E-state index in [9.17, 15) is 4.79 Å². The molecule has 0 spiro atoms. The van der Waals surface area contributed by atoms with Gasteiger partial charge in [-0.05, 0) is 19.9 Å². The second-order valence-corrected chi connectivity index (χ2v) is 4.98. The van der Waals surface area contributed by atoms with Gasteiger partial charge in [-0.3, -0.25) is 4.79 Å². The van der Waals surface area contributed by atoms with E-state index < -0.39 is 0 Å². The van der Waals surface area contributed by atoms with Crippen molar-refractivity contribution in [2.24, 2.45) is 5.92 Å². The third-order valence-electron chi connectivity index (χ3n) is 3.28. The predicted octanol–water partition coefficient (Wildman–Crippen LogP) is 0.0513. The van der Waals surface area contributed by atoms with Crippen molar-refractivity contribution in [2.45, 2.75) is 32.7 Å². The van der Waals surface area contributed by atoms with E-state index in [4.69, 9.17) is 9.26 Å². The Balaban J connectivity index is 1.73. The van der Waals surface area contributed by atoms with E-state index in [0.717, 1.165) is 13.0 Å². The van der Waals surface area contributed by atoms with Gasteiger partial charge in [0.1, 0.15) is 0 Å². The maximum absolute atomic E-state index is 12.1. The topological polar surface area (TPSA) is 89.3 Å². The number of ether oxygens (including phenoxy) is 1. The highest BCUT2D eigenvalue weighted by Gasteiger charge is 2.33. The third kappa shape index (κ3) is 4.01. The normalized spacial score (nSPS) is 22.1. The van der Waals surface area contributed by atoms with Crippen LogP contribution in [-0.2, 0) is 16.0 Å². The van der Waals surface area contributed by atoms with E-state index in [-0.39, 0.29) is 17.9 Å². The Kier molecular flexibility index (Phi) is 5.49. The molecule has 0 radical (unpaired) electrons. The molecule has 20 heavy (non-hydrogen) atoms. The standard InChI is InChI=1S/C13H22N4O3/c1-3-5-14-11-8-19-7-10(11)13(18)15-6-4-12-16-9(2)17-20-12/h10-11,14H,3-8H2,1-2H3,(H,15,18). The fraction of sp³-hybridized carbons (Fsp3) is 0.769. The molecule has 7 heteroatoms. The minimum absolute atomic E-state index is 0.0207. The van der Waals surface area contributed by atoms with Gasteiger partial charge >= 0.3 is 0 Å². The number of hydrogen-bond donors (Lipinski definition) is 2. The molecule has 0 bridgehead atoms. The molecule has 2 unspecified atom stereocenters. The summed E-state index contributed by atoms with van der Waals surface area (Å²) in [5.74, 6) is 1.06. The Labute approximate surface area is 118 Å². The molecule has 112 valence electrons. The summed E-state index contributed by atoms with van der Waals surface area (Å²) in [5, 5.41) is 9.96. The summed E-state index contributed by atoms with van der Waals surface area (Å²) in [6, 6.07) is 0.112. The van der Waals surface area contributed by atoms with Crippen LogP contribution in [0.4, 0.5) is 0 Å². The molecule has 1 saturated heterocycles. The second kappa shape index (κ2) is 7.35. The molecule has 1 aliphatic heterocycles. The van der Waals surface area contributed by atoms with Crippen LogP contribution in [0, 0.1) is 12.8 Å². The summed E-state index contributed by atoms with van der Waals surface area (Å²) in [7, 11) is 0. The Hall–Kier alpha value is -1.47. The van der Waals surface area contributed by atoms with Gasteiger partial charge in [0.15, 0.2) is 5.82 Å². The van der Waals surface area contributed by atoms with Crippen molar-refractivity contribution >= 4 is 5.91 Å². The summed E-state index contributed by atoms with van der Waals surface area (Å²) in [6.45, 7) is 6.35. The van der Waals surface area contributed by atoms with Crippen LogP contribution in [0.15, 0.2) is 4.52 Å². The molecule has 2 heterocycles. The van der Waals surface area contributed by atoms with Crippen LogP contribution in [0.1, 0.15) is 25.1 Å². The first-order valence-corrected chi connectivity index (χ1v) is 7.08. The lowest BCUT2D eigenvalue weighted by Crippen LogP contribution is -2.44. The molecule has 1 amide bonds. The molecule has 0 aromatic carbocycles. The van der Waals surface area contributed by atoms with Crippen LogP contribution in [0.5, 0.6) is 0 Å². The molecule has 0 saturated carbocycles. The fourth-order valence-electron chi connectivity index (χ4n) is 2.21. The van der Waals surface area contributed by atoms with Gasteiger partial charge in [-0.2, -0.15) is 4.98 Å². The number of amides is 1. The van der Waals surface area contributed by atoms with Crippen molar-refractivity contribution in [3.8, 4) is 0 Å². The van der Waals surface area contributed by atoms with E-state index in [1.54, 1.807) is 6.92 Å². The number of nitrogens with one attached hydrogen (secondary N) is 2. The third-order valence-corrected chi connectivity index (χ3v) is 3.28. The van der Waals surface area contributed by atoms with Crippen LogP contribution < -0.4 is 10.6 Å². The van der Waals surface area contributed by atoms with Crippen molar-refractivity contribution in [3.05, 3.63) is 11.7 Å². The first kappa shape index (κ1) is 14.9. The molecule has 1 aliphatic rings. The van der Waals surface area contributed by atoms with Crippen molar-refractivity contribution in [2.75, 3.05) is 26.3 Å². The van der Waals surface area contributed by atoms with Crippen LogP contribution >= 0.6 is 0 Å². The van der Waals surface area contributed by atoms with E-state index in [2.05, 4.69) is 27.7 Å². The number of aryl methyl sites for hydroxylation is 1. The van der Waals surface area contributed by atoms with E-state index in [1.165, 1.54) is 0 Å². The van der Waals surface area contributed by atoms with Gasteiger partial charge < -0.3 is 19.9 Å². The quantitative estimate of drug-likeness (QED) is 0.734. The van der Waals surface area contributed by atoms with Crippen LogP contribution in [-0.4, -0.2) is 48.4 Å². The summed E-state index contributed by atoms with van der Waals surface area (Å²) in [4.78, 5) is 16.2. The summed E-state index contributed by atoms with van der Waals surface area (Å²) >= 11 is 0. The molecule has 0 aliphatic carbocycles. The predicted molar refractivity (Wildman–Crippen MR) is 72.1 cm³/mol. The lowest BCUT2D eigenvalue weighted by atomic mass is 10.0. The Bertz CT molecular complexity index is 435. The molecule has 1 aromatic heterocycles. The lowest BCUT2D eigenvalue weighted by Gasteiger charge is -2.18. The van der Waals surface area contributed by atoms with E-state index in [1.807, 2.05) is 0 Å². The molecular weight excluding hydrogens is 260 g/mol. The Morgan fingerprint density at radius 3 is 2.95 bits per heavy atom. The summed E-state index contributed by atoms with van der Waals surface area (Å²) in [6.07, 6.45) is 1.59. The van der Waals surface area contributed by atoms with Crippen molar-refractivity contribution in [3.63, 3.8) is 0 Å². The second-order valence-electron chi connectivity index (χ2n) is 4.98.